The van der Waals surface area contributed by atoms with Gasteiger partial charge in [-0.1, -0.05) is 23.2 Å². The Kier molecular flexibility index (Phi) is 3.36. The van der Waals surface area contributed by atoms with Gasteiger partial charge in [0.2, 0.25) is 5.17 Å². The predicted octanol–water partition coefficient (Wildman–Crippen LogP) is 2.37. The smallest absolute Gasteiger partial charge is 0.218 e. The van der Waals surface area contributed by atoms with Crippen LogP contribution in [0.4, 0.5) is 0 Å². The first-order valence-corrected chi connectivity index (χ1v) is 4.06. The van der Waals surface area contributed by atoms with Gasteiger partial charge in [-0.05, 0) is 42.1 Å². The molecule has 13 heavy (non-hydrogen) atoms. The highest BCUT2D eigenvalue weighted by Crippen LogP contribution is 2.01. The predicted molar refractivity (Wildman–Crippen MR) is 53.1 cm³/mol. The van der Waals surface area contributed by atoms with Crippen LogP contribution in [0.3, 0.4) is 0 Å². The van der Waals surface area contributed by atoms with E-state index in [0.29, 0.717) is 0 Å². The van der Waals surface area contributed by atoms with Crippen molar-refractivity contribution in [1.29, 1.82) is 0 Å². The van der Waals surface area contributed by atoms with Gasteiger partial charge in [-0.25, -0.2) is 0 Å². The summed E-state index contributed by atoms with van der Waals surface area (Å²) in [6, 6.07) is 7.67. The second kappa shape index (κ2) is 4.54. The van der Waals surface area contributed by atoms with Crippen molar-refractivity contribution in [2.45, 2.75) is 6.92 Å². The number of hydrogen-bond acceptors (Lipinski definition) is 2. The Morgan fingerprint density at radius 3 is 2.92 bits per heavy atom. The molecule has 0 saturated carbocycles. The Morgan fingerprint density at radius 2 is 2.31 bits per heavy atom. The number of oxime groups is 1. The summed E-state index contributed by atoms with van der Waals surface area (Å²) in [6.07, 6.45) is 0. The zero-order chi connectivity index (χ0) is 9.68. The van der Waals surface area contributed by atoms with E-state index >= 15 is 0 Å². The Hall–Kier alpha value is -1.46. The van der Waals surface area contributed by atoms with Crippen LogP contribution in [0.25, 0.3) is 0 Å². The number of rotatable bonds is 0. The minimum atomic E-state index is -0.110. The molecule has 0 heterocycles. The highest BCUT2D eigenvalue weighted by Gasteiger charge is 1.88. The lowest BCUT2D eigenvalue weighted by Crippen LogP contribution is -1.81. The van der Waals surface area contributed by atoms with E-state index in [2.05, 4.69) is 17.0 Å². The molecule has 0 unspecified atom stereocenters. The van der Waals surface area contributed by atoms with Crippen molar-refractivity contribution in [3.05, 3.63) is 35.4 Å². The van der Waals surface area contributed by atoms with Crippen LogP contribution in [0.15, 0.2) is 29.4 Å². The van der Waals surface area contributed by atoms with Crippen molar-refractivity contribution < 1.29 is 5.21 Å². The number of nitrogens with zero attached hydrogens (tertiary/aromatic N) is 1. The lowest BCUT2D eigenvalue weighted by atomic mass is 10.1. The first-order valence-electron chi connectivity index (χ1n) is 3.68. The van der Waals surface area contributed by atoms with E-state index in [1.807, 2.05) is 31.2 Å². The zero-order valence-corrected chi connectivity index (χ0v) is 7.84. The van der Waals surface area contributed by atoms with Crippen LogP contribution in [0.1, 0.15) is 11.1 Å². The monoisotopic (exact) mass is 193 g/mol. The summed E-state index contributed by atoms with van der Waals surface area (Å²) >= 11 is 5.38. The van der Waals surface area contributed by atoms with Crippen LogP contribution >= 0.6 is 11.6 Å². The molecule has 1 aromatic carbocycles. The highest BCUT2D eigenvalue weighted by atomic mass is 35.5. The third-order valence-electron chi connectivity index (χ3n) is 1.42. The Labute approximate surface area is 81.8 Å². The van der Waals surface area contributed by atoms with Crippen LogP contribution in [0.5, 0.6) is 0 Å². The third kappa shape index (κ3) is 3.18. The first-order chi connectivity index (χ1) is 6.22. The quantitative estimate of drug-likeness (QED) is 0.292. The van der Waals surface area contributed by atoms with Crippen molar-refractivity contribution >= 4 is 16.8 Å². The van der Waals surface area contributed by atoms with E-state index in [1.54, 1.807) is 0 Å². The minimum Gasteiger partial charge on any atom is -0.409 e. The lowest BCUT2D eigenvalue weighted by molar-refractivity contribution is 0.321. The molecule has 2 nitrogen and oxygen atoms in total. The fraction of sp³-hybridized carbons (Fsp3) is 0.100. The molecule has 0 aliphatic heterocycles. The maximum atomic E-state index is 8.22. The highest BCUT2D eigenvalue weighted by molar-refractivity contribution is 6.69. The largest absolute Gasteiger partial charge is 0.409 e. The molecule has 66 valence electrons. The fourth-order valence-electron chi connectivity index (χ4n) is 0.872. The second-order valence-corrected chi connectivity index (χ2v) is 2.87. The van der Waals surface area contributed by atoms with Gasteiger partial charge in [0.15, 0.2) is 0 Å². The van der Waals surface area contributed by atoms with E-state index in [4.69, 9.17) is 16.8 Å². The molecule has 0 spiro atoms. The van der Waals surface area contributed by atoms with E-state index in [9.17, 15) is 0 Å². The molecule has 0 fully saturated rings. The number of aryl methyl sites for hydroxylation is 1. The zero-order valence-electron chi connectivity index (χ0n) is 7.08. The summed E-state index contributed by atoms with van der Waals surface area (Å²) in [4.78, 5) is 0. The molecule has 0 atom stereocenters. The van der Waals surface area contributed by atoms with Crippen molar-refractivity contribution in [1.82, 2.24) is 0 Å². The van der Waals surface area contributed by atoms with E-state index < -0.39 is 0 Å². The summed E-state index contributed by atoms with van der Waals surface area (Å²) in [6.45, 7) is 1.98. The maximum Gasteiger partial charge on any atom is 0.218 e. The van der Waals surface area contributed by atoms with Crippen LogP contribution in [0, 0.1) is 18.8 Å². The average molecular weight is 194 g/mol. The SMILES string of the molecule is Cc1cccc(C#CC(Cl)=NO)c1. The molecule has 0 amide bonds. The van der Waals surface area contributed by atoms with Gasteiger partial charge >= 0.3 is 0 Å². The molecule has 1 aromatic rings. The van der Waals surface area contributed by atoms with E-state index in [0.717, 1.165) is 11.1 Å². The van der Waals surface area contributed by atoms with Crippen LogP contribution in [-0.4, -0.2) is 10.4 Å². The molecule has 0 saturated heterocycles. The summed E-state index contributed by atoms with van der Waals surface area (Å²) in [7, 11) is 0. The normalized spacial score (nSPS) is 10.5. The molecular weight excluding hydrogens is 186 g/mol. The number of hydrogen-bond donors (Lipinski definition) is 1. The molecule has 1 rings (SSSR count). The Bertz CT molecular complexity index is 387. The maximum absolute atomic E-state index is 8.22. The molecule has 0 aliphatic carbocycles. The van der Waals surface area contributed by atoms with E-state index in [-0.39, 0.29) is 5.17 Å². The summed E-state index contributed by atoms with van der Waals surface area (Å²) < 4.78 is 0. The van der Waals surface area contributed by atoms with Gasteiger partial charge < -0.3 is 5.21 Å². The van der Waals surface area contributed by atoms with Gasteiger partial charge in [-0.15, -0.1) is 0 Å². The molecule has 0 aromatic heterocycles. The molecule has 0 radical (unpaired) electrons. The molecular formula is C10H8ClNO. The van der Waals surface area contributed by atoms with Crippen molar-refractivity contribution in [2.24, 2.45) is 5.16 Å². The number of benzene rings is 1. The molecule has 3 heteroatoms. The van der Waals surface area contributed by atoms with Crippen LogP contribution in [0.2, 0.25) is 0 Å². The standard InChI is InChI=1S/C10H8ClNO/c1-8-3-2-4-9(7-8)5-6-10(11)12-13/h2-4,7,13H,1H3. The molecule has 0 aliphatic rings. The fourth-order valence-corrected chi connectivity index (χ4v) is 0.919. The van der Waals surface area contributed by atoms with E-state index in [1.165, 1.54) is 0 Å². The van der Waals surface area contributed by atoms with Gasteiger partial charge in [-0.3, -0.25) is 0 Å². The van der Waals surface area contributed by atoms with Gasteiger partial charge in [0.25, 0.3) is 0 Å². The van der Waals surface area contributed by atoms with Crippen LogP contribution < -0.4 is 0 Å². The van der Waals surface area contributed by atoms with Crippen molar-refractivity contribution in [3.8, 4) is 11.8 Å². The van der Waals surface area contributed by atoms with Gasteiger partial charge in [0.1, 0.15) is 0 Å². The summed E-state index contributed by atoms with van der Waals surface area (Å²) in [5, 5.41) is 10.8. The van der Waals surface area contributed by atoms with Gasteiger partial charge in [0.05, 0.1) is 0 Å². The van der Waals surface area contributed by atoms with Crippen molar-refractivity contribution in [3.63, 3.8) is 0 Å². The van der Waals surface area contributed by atoms with Crippen molar-refractivity contribution in [2.75, 3.05) is 0 Å². The van der Waals surface area contributed by atoms with Crippen LogP contribution in [-0.2, 0) is 0 Å². The van der Waals surface area contributed by atoms with Gasteiger partial charge in [0, 0.05) is 5.56 Å². The topological polar surface area (TPSA) is 32.6 Å². The lowest BCUT2D eigenvalue weighted by Gasteiger charge is -1.91. The Balaban J connectivity index is 2.90. The van der Waals surface area contributed by atoms with Gasteiger partial charge in [-0.2, -0.15) is 0 Å². The molecule has 0 bridgehead atoms. The third-order valence-corrected chi connectivity index (χ3v) is 1.59. The second-order valence-electron chi connectivity index (χ2n) is 2.51. The Morgan fingerprint density at radius 1 is 1.54 bits per heavy atom. The average Bonchev–Trinajstić information content (AvgIpc) is 2.14. The summed E-state index contributed by atoms with van der Waals surface area (Å²) in [5.41, 5.74) is 1.98. The first kappa shape index (κ1) is 9.63. The molecule has 1 N–H and O–H groups in total. The summed E-state index contributed by atoms with van der Waals surface area (Å²) in [5.74, 6) is 5.25. The number of halogens is 1. The minimum absolute atomic E-state index is 0.110.